The molecule has 2 aromatic rings. The molecule has 0 saturated carbocycles. The fourth-order valence-corrected chi connectivity index (χ4v) is 4.63. The van der Waals surface area contributed by atoms with Crippen LogP contribution in [0.2, 0.25) is 0 Å². The van der Waals surface area contributed by atoms with E-state index in [1.807, 2.05) is 31.3 Å². The number of rotatable bonds is 7. The maximum atomic E-state index is 13.6. The molecule has 0 spiro atoms. The highest BCUT2D eigenvalue weighted by Gasteiger charge is 2.24. The first-order valence-electron chi connectivity index (χ1n) is 12.4. The van der Waals surface area contributed by atoms with Gasteiger partial charge in [0.2, 0.25) is 5.36 Å². The predicted molar refractivity (Wildman–Crippen MR) is 140 cm³/mol. The number of carbonyl (C=O) groups is 1. The first-order valence-corrected chi connectivity index (χ1v) is 12.4. The number of unbranched alkanes of at least 4 members (excludes halogenated alkanes) is 1. The summed E-state index contributed by atoms with van der Waals surface area (Å²) in [6.07, 6.45) is 1.45. The van der Waals surface area contributed by atoms with Crippen molar-refractivity contribution in [3.63, 3.8) is 0 Å². The lowest BCUT2D eigenvalue weighted by molar-refractivity contribution is -0.496. The van der Waals surface area contributed by atoms with E-state index in [0.29, 0.717) is 18.5 Å². The molecular weight excluding hydrogens is 436 g/mol. The molecule has 0 atom stereocenters. The van der Waals surface area contributed by atoms with Crippen LogP contribution in [-0.2, 0) is 0 Å². The maximum absolute atomic E-state index is 13.6. The summed E-state index contributed by atoms with van der Waals surface area (Å²) < 4.78 is 6.44. The fourth-order valence-electron chi connectivity index (χ4n) is 4.63. The zero-order valence-electron chi connectivity index (χ0n) is 21.4. The van der Waals surface area contributed by atoms with Crippen molar-refractivity contribution in [1.82, 2.24) is 4.90 Å². The van der Waals surface area contributed by atoms with Crippen LogP contribution in [0.4, 0.5) is 0 Å². The molecule has 1 amide bonds. The number of aryl methyl sites for hydroxylation is 3. The molecule has 35 heavy (non-hydrogen) atoms. The first-order chi connectivity index (χ1) is 16.8. The third-order valence-electron chi connectivity index (χ3n) is 6.72. The number of aliphatic hydroxyl groups excluding tert-OH is 1. The van der Waals surface area contributed by atoms with Gasteiger partial charge < -0.3 is 14.4 Å². The second-order valence-corrected chi connectivity index (χ2v) is 9.31. The summed E-state index contributed by atoms with van der Waals surface area (Å²) in [5.74, 6) is 0.765. The molecule has 1 aliphatic carbocycles. The standard InChI is InChI=1S/C30H34N2O3/c1-6-31-26-18-28-25(16-21(26)4)29(24-15-19(2)20(3)17-27(24)35-28)22-11-7-8-12-23(22)30(34)32(5)13-9-10-14-33/h7-8,11-12,15-18,33H,6,9-10,13-14H2,1-5H3/p+1. The Morgan fingerprint density at radius 1 is 0.971 bits per heavy atom. The van der Waals surface area contributed by atoms with Gasteiger partial charge in [0.15, 0.2) is 0 Å². The summed E-state index contributed by atoms with van der Waals surface area (Å²) >= 11 is 0. The van der Waals surface area contributed by atoms with E-state index in [-0.39, 0.29) is 12.5 Å². The van der Waals surface area contributed by atoms with Crippen LogP contribution in [0.3, 0.4) is 0 Å². The lowest BCUT2D eigenvalue weighted by atomic mass is 9.88. The Hall–Kier alpha value is -3.44. The number of fused-ring (bicyclic) bond motifs is 2. The number of hydrogen-bond donors (Lipinski definition) is 2. The molecule has 0 aromatic heterocycles. The number of hydrogen-bond acceptors (Lipinski definition) is 3. The lowest BCUT2D eigenvalue weighted by Gasteiger charge is -2.22. The van der Waals surface area contributed by atoms with Crippen molar-refractivity contribution in [1.29, 1.82) is 0 Å². The van der Waals surface area contributed by atoms with E-state index in [2.05, 4.69) is 57.0 Å². The summed E-state index contributed by atoms with van der Waals surface area (Å²) in [5, 5.41) is 11.2. The molecule has 5 heteroatoms. The molecule has 182 valence electrons. The summed E-state index contributed by atoms with van der Waals surface area (Å²) in [6.45, 7) is 9.93. The summed E-state index contributed by atoms with van der Waals surface area (Å²) in [4.78, 5) is 18.7. The quantitative estimate of drug-likeness (QED) is 0.317. The van der Waals surface area contributed by atoms with Gasteiger partial charge in [0.05, 0.1) is 6.07 Å². The first kappa shape index (κ1) is 24.7. The Kier molecular flexibility index (Phi) is 7.37. The highest BCUT2D eigenvalue weighted by atomic mass is 16.3. The number of aliphatic hydroxyl groups is 1. The van der Waals surface area contributed by atoms with Crippen LogP contribution in [0.1, 0.15) is 46.8 Å². The van der Waals surface area contributed by atoms with E-state index >= 15 is 0 Å². The van der Waals surface area contributed by atoms with Crippen molar-refractivity contribution in [2.75, 3.05) is 26.7 Å². The van der Waals surface area contributed by atoms with E-state index in [0.717, 1.165) is 57.3 Å². The molecule has 0 unspecified atom stereocenters. The zero-order chi connectivity index (χ0) is 25.1. The number of amides is 1. The number of nitrogens with one attached hydrogen (secondary N) is 1. The second-order valence-electron chi connectivity index (χ2n) is 9.31. The molecule has 1 heterocycles. The van der Waals surface area contributed by atoms with E-state index in [9.17, 15) is 4.79 Å². The van der Waals surface area contributed by atoms with Gasteiger partial charge in [-0.2, -0.15) is 0 Å². The van der Waals surface area contributed by atoms with Crippen LogP contribution in [0.5, 0.6) is 0 Å². The summed E-state index contributed by atoms with van der Waals surface area (Å²) in [6, 6.07) is 16.3. The van der Waals surface area contributed by atoms with Crippen molar-refractivity contribution >= 4 is 16.9 Å². The van der Waals surface area contributed by atoms with Crippen LogP contribution in [0.15, 0.2) is 52.9 Å². The highest BCUT2D eigenvalue weighted by molar-refractivity contribution is 6.09. The van der Waals surface area contributed by atoms with E-state index in [1.165, 1.54) is 11.1 Å². The topological polar surface area (TPSA) is 67.7 Å². The zero-order valence-corrected chi connectivity index (χ0v) is 21.4. The smallest absolute Gasteiger partial charge is 0.254 e. The minimum absolute atomic E-state index is 0.0227. The molecule has 0 bridgehead atoms. The monoisotopic (exact) mass is 471 g/mol. The van der Waals surface area contributed by atoms with Gasteiger partial charge in [0.25, 0.3) is 5.91 Å². The fraction of sp³-hybridized carbons (Fsp3) is 0.333. The van der Waals surface area contributed by atoms with Crippen LogP contribution in [-0.4, -0.2) is 42.7 Å². The predicted octanol–water partition coefficient (Wildman–Crippen LogP) is 3.98. The third-order valence-corrected chi connectivity index (χ3v) is 6.72. The molecule has 0 fully saturated rings. The Morgan fingerprint density at radius 2 is 1.71 bits per heavy atom. The second kappa shape index (κ2) is 10.4. The molecule has 0 radical (unpaired) electrons. The number of nitrogens with zero attached hydrogens (tertiary/aromatic N) is 1. The Morgan fingerprint density at radius 3 is 2.46 bits per heavy atom. The maximum Gasteiger partial charge on any atom is 0.254 e. The highest BCUT2D eigenvalue weighted by Crippen LogP contribution is 2.42. The minimum atomic E-state index is -0.0227. The van der Waals surface area contributed by atoms with E-state index in [1.54, 1.807) is 4.90 Å². The Bertz CT molecular complexity index is 1420. The van der Waals surface area contributed by atoms with Gasteiger partial charge in [-0.25, -0.2) is 4.99 Å². The van der Waals surface area contributed by atoms with Crippen LogP contribution < -0.4 is 10.3 Å². The van der Waals surface area contributed by atoms with Crippen LogP contribution in [0, 0.1) is 20.8 Å². The van der Waals surface area contributed by atoms with Gasteiger partial charge in [-0.1, -0.05) is 18.2 Å². The molecule has 0 saturated heterocycles. The molecule has 4 rings (SSSR count). The van der Waals surface area contributed by atoms with Crippen LogP contribution >= 0.6 is 0 Å². The molecule has 2 aliphatic rings. The van der Waals surface area contributed by atoms with E-state index < -0.39 is 0 Å². The molecular formula is C30H35N2O3+. The summed E-state index contributed by atoms with van der Waals surface area (Å²) in [5.41, 5.74) is 7.85. The minimum Gasteiger partial charge on any atom is -0.456 e. The van der Waals surface area contributed by atoms with Gasteiger partial charge in [-0.3, -0.25) is 4.79 Å². The van der Waals surface area contributed by atoms with E-state index in [4.69, 9.17) is 9.52 Å². The van der Waals surface area contributed by atoms with Gasteiger partial charge in [-0.15, -0.1) is 0 Å². The van der Waals surface area contributed by atoms with Crippen molar-refractivity contribution in [2.45, 2.75) is 40.5 Å². The largest absolute Gasteiger partial charge is 0.456 e. The average Bonchev–Trinajstić information content (AvgIpc) is 2.84. The van der Waals surface area contributed by atoms with Gasteiger partial charge in [-0.05, 0) is 81.5 Å². The number of benzene rings is 3. The van der Waals surface area contributed by atoms with Crippen molar-refractivity contribution in [3.8, 4) is 22.5 Å². The van der Waals surface area contributed by atoms with Crippen molar-refractivity contribution in [3.05, 3.63) is 76.1 Å². The Labute approximate surface area is 207 Å². The Balaban J connectivity index is 2.02. The van der Waals surface area contributed by atoms with Crippen LogP contribution in [0.25, 0.3) is 33.4 Å². The lowest BCUT2D eigenvalue weighted by Crippen LogP contribution is -2.76. The van der Waals surface area contributed by atoms with Gasteiger partial charge >= 0.3 is 0 Å². The van der Waals surface area contributed by atoms with Crippen molar-refractivity contribution in [2.24, 2.45) is 0 Å². The van der Waals surface area contributed by atoms with Gasteiger partial charge in [0.1, 0.15) is 17.9 Å². The van der Waals surface area contributed by atoms with Crippen molar-refractivity contribution < 1.29 is 19.3 Å². The molecule has 1 aliphatic heterocycles. The third kappa shape index (κ3) is 4.87. The van der Waals surface area contributed by atoms with Gasteiger partial charge in [0, 0.05) is 47.8 Å². The molecule has 2 N–H and O–H groups in total. The summed E-state index contributed by atoms with van der Waals surface area (Å²) in [7, 11) is 1.83. The SMILES string of the molecule is CC[NH+]=c1cc2oc3cc(C)c(C)cc3c(-c3ccccc3C(=O)N(C)CCCCO)c-2cc1C. The molecule has 2 aromatic carbocycles. The average molecular weight is 472 g/mol. The molecule has 5 nitrogen and oxygen atoms in total. The normalized spacial score (nSPS) is 12.0. The number of carbonyl (C=O) groups excluding carboxylic acids is 1.